The summed E-state index contributed by atoms with van der Waals surface area (Å²) in [7, 11) is 1.25. The fourth-order valence-corrected chi connectivity index (χ4v) is 7.84. The van der Waals surface area contributed by atoms with Crippen LogP contribution < -0.4 is 80.4 Å². The third kappa shape index (κ3) is 7.58. The Balaban J connectivity index is 0.00000267. The third-order valence-electron chi connectivity index (χ3n) is 5.24. The molecule has 1 fully saturated rings. The molecule has 0 spiro atoms. The molecule has 3 N–H and O–H groups in total. The zero-order valence-corrected chi connectivity index (χ0v) is 28.5. The number of carboxylic acid groups (broad SMARTS) is 2. The molecule has 196 valence electrons. The maximum atomic E-state index is 12.9. The van der Waals surface area contributed by atoms with E-state index in [1.54, 1.807) is 6.92 Å². The van der Waals surface area contributed by atoms with Crippen LogP contribution in [0.15, 0.2) is 26.1 Å². The van der Waals surface area contributed by atoms with Gasteiger partial charge in [-0.3, -0.25) is 14.5 Å². The fraction of sp³-hybridized carbons (Fsp3) is 0.350. The Labute approximate surface area is 283 Å². The molecule has 0 bridgehead atoms. The topological polar surface area (TPSA) is 203 Å². The van der Waals surface area contributed by atoms with Crippen LogP contribution in [0.5, 0.6) is 0 Å². The number of nitrogens with one attached hydrogen (secondary N) is 1. The molecule has 39 heavy (non-hydrogen) atoms. The van der Waals surface area contributed by atoms with E-state index in [-0.39, 0.29) is 99.3 Å². The average molecular weight is 629 g/mol. The predicted molar refractivity (Wildman–Crippen MR) is 133 cm³/mol. The molecule has 0 aromatic carbocycles. The summed E-state index contributed by atoms with van der Waals surface area (Å²) in [5, 5.41) is 30.2. The van der Waals surface area contributed by atoms with Gasteiger partial charge in [0.25, 0.3) is 11.8 Å². The largest absolute Gasteiger partial charge is 1.00 e. The van der Waals surface area contributed by atoms with Gasteiger partial charge in [0.1, 0.15) is 24.2 Å². The van der Waals surface area contributed by atoms with Crippen molar-refractivity contribution in [2.75, 3.05) is 24.3 Å². The van der Waals surface area contributed by atoms with E-state index in [9.17, 15) is 29.4 Å². The van der Waals surface area contributed by atoms with Crippen molar-refractivity contribution in [3.8, 4) is 0 Å². The van der Waals surface area contributed by atoms with Crippen LogP contribution in [0.25, 0.3) is 0 Å². The van der Waals surface area contributed by atoms with Crippen molar-refractivity contribution in [3.63, 3.8) is 0 Å². The Morgan fingerprint density at radius 3 is 2.62 bits per heavy atom. The number of nitrogens with zero attached hydrogens (tertiary/aromatic N) is 4. The van der Waals surface area contributed by atoms with Crippen molar-refractivity contribution in [1.29, 1.82) is 0 Å². The van der Waals surface area contributed by atoms with E-state index in [4.69, 9.17) is 10.6 Å². The second kappa shape index (κ2) is 14.7. The summed E-state index contributed by atoms with van der Waals surface area (Å²) in [4.78, 5) is 63.4. The molecular weight excluding hydrogens is 611 g/mol. The van der Waals surface area contributed by atoms with Crippen LogP contribution in [-0.4, -0.2) is 74.4 Å². The molecule has 0 unspecified atom stereocenters. The van der Waals surface area contributed by atoms with Gasteiger partial charge in [0.2, 0.25) is 0 Å². The van der Waals surface area contributed by atoms with Gasteiger partial charge >= 0.3 is 59.1 Å². The summed E-state index contributed by atoms with van der Waals surface area (Å²) in [5.74, 6) is -3.58. The second-order valence-corrected chi connectivity index (χ2v) is 11.9. The van der Waals surface area contributed by atoms with Crippen LogP contribution in [0.2, 0.25) is 0 Å². The molecule has 2 atom stereocenters. The molecule has 13 nitrogen and oxygen atoms in total. The van der Waals surface area contributed by atoms with Crippen molar-refractivity contribution in [2.24, 2.45) is 5.16 Å². The average Bonchev–Trinajstić information content (AvgIpc) is 3.42. The summed E-state index contributed by atoms with van der Waals surface area (Å²) < 4.78 is 0.568. The first-order valence-electron chi connectivity index (χ1n) is 10.4. The molecule has 2 amide bonds. The molecule has 1 saturated heterocycles. The van der Waals surface area contributed by atoms with Crippen LogP contribution >= 0.6 is 46.2 Å². The minimum Gasteiger partial charge on any atom is -0.550 e. The zero-order chi connectivity index (χ0) is 26.9. The minimum atomic E-state index is -1.51. The number of thiazole rings is 2. The molecule has 2 aromatic heterocycles. The number of nitrogen functional groups attached to an aromatic ring is 1. The SMILES string of the molecule is CO/N=C(/C(=O)N[C@H]1C(=O)N2C(C(=O)[O-])=C(CSc3nc(C)c(CC(=O)[O-])s3)CS[C@@H]12)c1csc(N)n1.[Na+].[Na+]. The maximum absolute atomic E-state index is 12.9. The minimum absolute atomic E-state index is 0. The van der Waals surface area contributed by atoms with Gasteiger partial charge in [-0.05, 0) is 12.5 Å². The molecule has 0 saturated carbocycles. The van der Waals surface area contributed by atoms with Crippen molar-refractivity contribution in [3.05, 3.63) is 32.9 Å². The van der Waals surface area contributed by atoms with Crippen LogP contribution in [-0.2, 0) is 30.4 Å². The second-order valence-electron chi connectivity index (χ2n) is 7.62. The van der Waals surface area contributed by atoms with Crippen molar-refractivity contribution in [2.45, 2.75) is 29.1 Å². The van der Waals surface area contributed by atoms with E-state index >= 15 is 0 Å². The van der Waals surface area contributed by atoms with Crippen LogP contribution in [0.1, 0.15) is 16.3 Å². The summed E-state index contributed by atoms with van der Waals surface area (Å²) in [5.41, 5.74) is 6.41. The number of carboxylic acids is 2. The number of aromatic nitrogens is 2. The standard InChI is InChI=1S/C20H20N6O7S4.2Na/c1-7-10(3-11(27)28)37-20(22-7)36-5-8-4-34-17-13(16(30)26(17)14(8)18(31)32)24-15(29)12(25-33-2)9-6-35-19(21)23-9;;/h6,13,17H,3-5H2,1-2H3,(H2,21,23)(H,24,29)(H,27,28)(H,31,32);;/q;2*+1/p-2/b25-12+;;/t13-,17-;;/m0../s1. The van der Waals surface area contributed by atoms with Gasteiger partial charge in [-0.2, -0.15) is 0 Å². The number of fused-ring (bicyclic) bond motifs is 1. The van der Waals surface area contributed by atoms with Crippen LogP contribution in [0, 0.1) is 6.92 Å². The summed E-state index contributed by atoms with van der Waals surface area (Å²) in [6.45, 7) is 1.69. The van der Waals surface area contributed by atoms with E-state index in [1.807, 2.05) is 0 Å². The number of carbonyl (C=O) groups excluding carboxylic acids is 4. The van der Waals surface area contributed by atoms with Gasteiger partial charge < -0.3 is 35.7 Å². The van der Waals surface area contributed by atoms with Gasteiger partial charge in [-0.25, -0.2) is 9.97 Å². The zero-order valence-electron chi connectivity index (χ0n) is 21.2. The summed E-state index contributed by atoms with van der Waals surface area (Å²) in [6, 6.07) is -0.993. The first-order valence-corrected chi connectivity index (χ1v) is 14.1. The molecule has 0 radical (unpaired) electrons. The molecule has 2 aliphatic rings. The predicted octanol–water partition coefficient (Wildman–Crippen LogP) is -7.66. The molecule has 4 rings (SSSR count). The maximum Gasteiger partial charge on any atom is 1.00 e. The number of amides is 2. The van der Waals surface area contributed by atoms with Crippen LogP contribution in [0.4, 0.5) is 5.13 Å². The fourth-order valence-electron chi connectivity index (χ4n) is 3.59. The van der Waals surface area contributed by atoms with Gasteiger partial charge in [-0.1, -0.05) is 16.9 Å². The molecule has 19 heteroatoms. The quantitative estimate of drug-likeness (QED) is 0.0829. The first-order chi connectivity index (χ1) is 17.6. The summed E-state index contributed by atoms with van der Waals surface area (Å²) in [6.07, 6.45) is -0.253. The number of thioether (sulfide) groups is 2. The van der Waals surface area contributed by atoms with E-state index in [0.29, 0.717) is 20.5 Å². The van der Waals surface area contributed by atoms with Gasteiger partial charge in [-0.15, -0.1) is 34.4 Å². The smallest absolute Gasteiger partial charge is 0.550 e. The van der Waals surface area contributed by atoms with Gasteiger partial charge in [0.15, 0.2) is 15.2 Å². The number of aryl methyl sites for hydroxylation is 1. The number of hydrogen-bond acceptors (Lipinski definition) is 15. The summed E-state index contributed by atoms with van der Waals surface area (Å²) >= 11 is 4.83. The molecule has 2 aromatic rings. The van der Waals surface area contributed by atoms with E-state index in [2.05, 4.69) is 20.4 Å². The number of aliphatic carboxylic acids is 2. The van der Waals surface area contributed by atoms with E-state index in [1.165, 1.54) is 47.4 Å². The van der Waals surface area contributed by atoms with Crippen molar-refractivity contribution < 1.29 is 93.3 Å². The first kappa shape index (κ1) is 34.1. The normalized spacial score (nSPS) is 18.4. The number of nitrogens with two attached hydrogens (primary N) is 1. The Bertz CT molecular complexity index is 1350. The molecule has 0 aliphatic carbocycles. The Hall–Kier alpha value is -1.15. The third-order valence-corrected chi connectivity index (χ3v) is 9.64. The van der Waals surface area contributed by atoms with Crippen LogP contribution in [0.3, 0.4) is 0 Å². The van der Waals surface area contributed by atoms with Gasteiger partial charge in [0, 0.05) is 34.2 Å². The number of hydrogen-bond donors (Lipinski definition) is 2. The number of rotatable bonds is 10. The number of anilines is 1. The van der Waals surface area contributed by atoms with Gasteiger partial charge in [0.05, 0.1) is 17.4 Å². The number of β-lactam (4-membered cyclic amide) rings is 1. The van der Waals surface area contributed by atoms with E-state index in [0.717, 1.165) is 16.2 Å². The molecule has 4 heterocycles. The molecular formula is C20H18N6Na2O7S4. The van der Waals surface area contributed by atoms with Crippen molar-refractivity contribution in [1.82, 2.24) is 20.2 Å². The molecule has 2 aliphatic heterocycles. The Kier molecular flexibility index (Phi) is 12.8. The Morgan fingerprint density at radius 2 is 2.03 bits per heavy atom. The van der Waals surface area contributed by atoms with Crippen molar-refractivity contribution >= 4 is 80.8 Å². The monoisotopic (exact) mass is 628 g/mol. The van der Waals surface area contributed by atoms with E-state index < -0.39 is 35.2 Å². The Morgan fingerprint density at radius 1 is 1.31 bits per heavy atom. The number of oxime groups is 1. The number of carbonyl (C=O) groups is 4.